The Hall–Kier alpha value is -2.47. The Morgan fingerprint density at radius 2 is 1.92 bits per heavy atom. The Morgan fingerprint density at radius 3 is 2.58 bits per heavy atom. The molecule has 1 amide bonds. The number of rotatable bonds is 5. The first kappa shape index (κ1) is 16.4. The van der Waals surface area contributed by atoms with Crippen LogP contribution in [0.4, 0.5) is 8.78 Å². The van der Waals surface area contributed by atoms with E-state index in [1.54, 1.807) is 18.2 Å². The quantitative estimate of drug-likeness (QED) is 0.721. The highest BCUT2D eigenvalue weighted by atomic mass is 32.1. The van der Waals surface area contributed by atoms with Gasteiger partial charge >= 0.3 is 0 Å². The minimum absolute atomic E-state index is 0.00355. The molecule has 1 heterocycles. The van der Waals surface area contributed by atoms with Crippen LogP contribution in [-0.4, -0.2) is 13.0 Å². The molecule has 0 fully saturated rings. The Bertz CT molecular complexity index is 862. The van der Waals surface area contributed by atoms with Gasteiger partial charge in [-0.25, -0.2) is 8.78 Å². The van der Waals surface area contributed by atoms with E-state index in [4.69, 9.17) is 4.74 Å². The van der Waals surface area contributed by atoms with Crippen LogP contribution >= 0.6 is 11.3 Å². The first-order valence-electron chi connectivity index (χ1n) is 7.34. The van der Waals surface area contributed by atoms with Crippen molar-refractivity contribution in [3.05, 3.63) is 64.5 Å². The minimum atomic E-state index is -2.71. The number of amides is 1. The van der Waals surface area contributed by atoms with E-state index in [2.05, 4.69) is 5.32 Å². The summed E-state index contributed by atoms with van der Waals surface area (Å²) in [5.74, 6) is -0.106. The third-order valence-corrected chi connectivity index (χ3v) is 4.76. The number of hydrogen-bond donors (Lipinski definition) is 1. The molecule has 2 aromatic carbocycles. The van der Waals surface area contributed by atoms with Crippen molar-refractivity contribution in [2.45, 2.75) is 13.0 Å². The van der Waals surface area contributed by atoms with E-state index >= 15 is 0 Å². The second kappa shape index (κ2) is 6.97. The Balaban J connectivity index is 2.06. The molecule has 0 unspecified atom stereocenters. The van der Waals surface area contributed by atoms with Crippen LogP contribution < -0.4 is 10.1 Å². The van der Waals surface area contributed by atoms with Gasteiger partial charge in [-0.3, -0.25) is 4.79 Å². The van der Waals surface area contributed by atoms with Gasteiger partial charge in [0.1, 0.15) is 12.4 Å². The van der Waals surface area contributed by atoms with Crippen LogP contribution in [0.5, 0.6) is 5.75 Å². The fourth-order valence-electron chi connectivity index (χ4n) is 2.49. The van der Waals surface area contributed by atoms with Crippen molar-refractivity contribution in [2.24, 2.45) is 0 Å². The van der Waals surface area contributed by atoms with Gasteiger partial charge in [-0.1, -0.05) is 36.4 Å². The lowest BCUT2D eigenvalue weighted by molar-refractivity contribution is 0.0953. The monoisotopic (exact) mass is 347 g/mol. The van der Waals surface area contributed by atoms with E-state index in [1.807, 2.05) is 30.3 Å². The summed E-state index contributed by atoms with van der Waals surface area (Å²) in [6, 6.07) is 14.7. The molecule has 24 heavy (non-hydrogen) atoms. The largest absolute Gasteiger partial charge is 0.488 e. The van der Waals surface area contributed by atoms with Crippen LogP contribution in [-0.2, 0) is 6.61 Å². The second-order valence-corrected chi connectivity index (χ2v) is 6.21. The average Bonchev–Trinajstić information content (AvgIpc) is 3.00. The van der Waals surface area contributed by atoms with Crippen LogP contribution in [0, 0.1) is 0 Å². The summed E-state index contributed by atoms with van der Waals surface area (Å²) in [7, 11) is 1.43. The summed E-state index contributed by atoms with van der Waals surface area (Å²) in [6.07, 6.45) is -2.71. The van der Waals surface area contributed by atoms with E-state index in [9.17, 15) is 13.6 Å². The molecule has 124 valence electrons. The molecule has 0 saturated carbocycles. The lowest BCUT2D eigenvalue weighted by Crippen LogP contribution is -2.19. The number of ether oxygens (including phenoxy) is 1. The molecular formula is C18H15F2NO2S. The highest BCUT2D eigenvalue weighted by Crippen LogP contribution is 2.41. The third-order valence-electron chi connectivity index (χ3n) is 3.59. The molecule has 0 bridgehead atoms. The van der Waals surface area contributed by atoms with E-state index in [0.29, 0.717) is 22.4 Å². The Morgan fingerprint density at radius 1 is 1.17 bits per heavy atom. The third kappa shape index (κ3) is 3.10. The van der Waals surface area contributed by atoms with Gasteiger partial charge in [-0.2, -0.15) is 0 Å². The highest BCUT2D eigenvalue weighted by molar-refractivity contribution is 7.19. The number of alkyl halides is 2. The average molecular weight is 347 g/mol. The normalized spacial score (nSPS) is 11.0. The van der Waals surface area contributed by atoms with Gasteiger partial charge < -0.3 is 10.1 Å². The highest BCUT2D eigenvalue weighted by Gasteiger charge is 2.26. The SMILES string of the molecule is CNC(=O)c1c(C(F)F)sc2cccc(OCc3ccccc3)c12. The first-order valence-corrected chi connectivity index (χ1v) is 8.16. The maximum Gasteiger partial charge on any atom is 0.273 e. The topological polar surface area (TPSA) is 38.3 Å². The van der Waals surface area contributed by atoms with Crippen LogP contribution in [0.2, 0.25) is 0 Å². The summed E-state index contributed by atoms with van der Waals surface area (Å²) in [5, 5.41) is 2.87. The lowest BCUT2D eigenvalue weighted by Gasteiger charge is -2.09. The van der Waals surface area contributed by atoms with Gasteiger partial charge in [0, 0.05) is 17.1 Å². The number of fused-ring (bicyclic) bond motifs is 1. The predicted molar refractivity (Wildman–Crippen MR) is 90.9 cm³/mol. The zero-order chi connectivity index (χ0) is 17.1. The molecule has 6 heteroatoms. The van der Waals surface area contributed by atoms with Crippen molar-refractivity contribution in [2.75, 3.05) is 7.05 Å². The number of carbonyl (C=O) groups is 1. The van der Waals surface area contributed by atoms with Gasteiger partial charge in [-0.05, 0) is 17.7 Å². The molecule has 3 nitrogen and oxygen atoms in total. The maximum atomic E-state index is 13.3. The van der Waals surface area contributed by atoms with Gasteiger partial charge in [0.25, 0.3) is 12.3 Å². The van der Waals surface area contributed by atoms with Crippen molar-refractivity contribution in [3.63, 3.8) is 0 Å². The fourth-order valence-corrected chi connectivity index (χ4v) is 3.57. The summed E-state index contributed by atoms with van der Waals surface area (Å²) in [5.41, 5.74) is 0.955. The minimum Gasteiger partial charge on any atom is -0.488 e. The van der Waals surface area contributed by atoms with E-state index in [0.717, 1.165) is 16.9 Å². The standard InChI is InChI=1S/C18H15F2NO2S/c1-21-18(22)15-14-12(23-10-11-6-3-2-4-7-11)8-5-9-13(14)24-16(15)17(19)20/h2-9,17H,10H2,1H3,(H,21,22). The van der Waals surface area contributed by atoms with E-state index in [1.165, 1.54) is 7.05 Å². The summed E-state index contributed by atoms with van der Waals surface area (Å²) >= 11 is 0.921. The van der Waals surface area contributed by atoms with Gasteiger partial charge in [0.05, 0.1) is 10.4 Å². The van der Waals surface area contributed by atoms with E-state index in [-0.39, 0.29) is 10.4 Å². The fraction of sp³-hybridized carbons (Fsp3) is 0.167. The number of nitrogens with one attached hydrogen (secondary N) is 1. The Kier molecular flexibility index (Phi) is 4.76. The molecule has 3 aromatic rings. The van der Waals surface area contributed by atoms with Crippen molar-refractivity contribution in [1.29, 1.82) is 0 Å². The smallest absolute Gasteiger partial charge is 0.273 e. The van der Waals surface area contributed by atoms with Crippen molar-refractivity contribution in [1.82, 2.24) is 5.32 Å². The van der Waals surface area contributed by atoms with Crippen LogP contribution in [0.25, 0.3) is 10.1 Å². The number of benzene rings is 2. The second-order valence-electron chi connectivity index (χ2n) is 5.12. The molecule has 0 aliphatic carbocycles. The van der Waals surface area contributed by atoms with E-state index < -0.39 is 12.3 Å². The van der Waals surface area contributed by atoms with Crippen molar-refractivity contribution >= 4 is 27.3 Å². The lowest BCUT2D eigenvalue weighted by atomic mass is 10.1. The van der Waals surface area contributed by atoms with Crippen LogP contribution in [0.15, 0.2) is 48.5 Å². The molecular weight excluding hydrogens is 332 g/mol. The molecule has 0 saturated heterocycles. The summed E-state index contributed by atoms with van der Waals surface area (Å²) in [6.45, 7) is 0.299. The van der Waals surface area contributed by atoms with Gasteiger partial charge in [-0.15, -0.1) is 11.3 Å². The number of carbonyl (C=O) groups excluding carboxylic acids is 1. The molecule has 0 aliphatic heterocycles. The number of thiophene rings is 1. The molecule has 3 rings (SSSR count). The van der Waals surface area contributed by atoms with Crippen molar-refractivity contribution < 1.29 is 18.3 Å². The molecule has 1 aromatic heterocycles. The molecule has 0 radical (unpaired) electrons. The Labute approximate surface area is 141 Å². The van der Waals surface area contributed by atoms with Gasteiger partial charge in [0.2, 0.25) is 0 Å². The summed E-state index contributed by atoms with van der Waals surface area (Å²) in [4.78, 5) is 11.9. The van der Waals surface area contributed by atoms with Crippen LogP contribution in [0.3, 0.4) is 0 Å². The number of halogens is 2. The predicted octanol–water partition coefficient (Wildman–Crippen LogP) is 4.78. The molecule has 0 aliphatic rings. The molecule has 1 N–H and O–H groups in total. The maximum absolute atomic E-state index is 13.3. The first-order chi connectivity index (χ1) is 11.6. The van der Waals surface area contributed by atoms with Crippen LogP contribution in [0.1, 0.15) is 27.2 Å². The summed E-state index contributed by atoms with van der Waals surface area (Å²) < 4.78 is 33.1. The molecule has 0 atom stereocenters. The zero-order valence-corrected chi connectivity index (χ0v) is 13.7. The van der Waals surface area contributed by atoms with Gasteiger partial charge in [0.15, 0.2) is 0 Å². The molecule has 0 spiro atoms. The number of hydrogen-bond acceptors (Lipinski definition) is 3. The van der Waals surface area contributed by atoms with Crippen molar-refractivity contribution in [3.8, 4) is 5.75 Å². The zero-order valence-electron chi connectivity index (χ0n) is 12.9.